The minimum atomic E-state index is -1.83. The van der Waals surface area contributed by atoms with Gasteiger partial charge in [0.2, 0.25) is 0 Å². The molecule has 4 rings (SSSR count). The third kappa shape index (κ3) is 2.12. The first kappa shape index (κ1) is 14.6. The van der Waals surface area contributed by atoms with Gasteiger partial charge in [-0.2, -0.15) is 0 Å². The van der Waals surface area contributed by atoms with Gasteiger partial charge in [-0.25, -0.2) is 0 Å². The van der Waals surface area contributed by atoms with Crippen molar-refractivity contribution in [1.82, 2.24) is 0 Å². The number of carbonyl (C=O) groups is 2. The average Bonchev–Trinajstić information content (AvgIpc) is 2.85. The van der Waals surface area contributed by atoms with Crippen LogP contribution in [0.4, 0.5) is 5.69 Å². The molecule has 1 atom stereocenters. The summed E-state index contributed by atoms with van der Waals surface area (Å²) >= 11 is 0. The number of ketones is 1. The molecule has 0 bridgehead atoms. The molecule has 4 heteroatoms. The van der Waals surface area contributed by atoms with Gasteiger partial charge in [0.05, 0.1) is 6.42 Å². The third-order valence-corrected chi connectivity index (χ3v) is 4.50. The Morgan fingerprint density at radius 1 is 0.958 bits per heavy atom. The van der Waals surface area contributed by atoms with Gasteiger partial charge < -0.3 is 10.4 Å². The van der Waals surface area contributed by atoms with Crippen LogP contribution in [0.15, 0.2) is 66.7 Å². The molecule has 24 heavy (non-hydrogen) atoms. The van der Waals surface area contributed by atoms with Gasteiger partial charge in [-0.3, -0.25) is 9.59 Å². The maximum atomic E-state index is 12.8. The van der Waals surface area contributed by atoms with Gasteiger partial charge in [0.25, 0.3) is 5.91 Å². The predicted octanol–water partition coefficient (Wildman–Crippen LogP) is 3.25. The molecule has 0 unspecified atom stereocenters. The molecule has 1 heterocycles. The summed E-state index contributed by atoms with van der Waals surface area (Å²) in [5, 5.41) is 15.3. The number of carbonyl (C=O) groups excluding carboxylic acids is 2. The monoisotopic (exact) mass is 317 g/mol. The maximum absolute atomic E-state index is 12.8. The molecular formula is C20H15NO3. The largest absolute Gasteiger partial charge is 0.375 e. The van der Waals surface area contributed by atoms with E-state index in [0.29, 0.717) is 16.8 Å². The van der Waals surface area contributed by atoms with Gasteiger partial charge in [-0.05, 0) is 16.8 Å². The van der Waals surface area contributed by atoms with E-state index in [1.165, 1.54) is 0 Å². The molecule has 0 radical (unpaired) electrons. The molecule has 3 aromatic rings. The zero-order valence-corrected chi connectivity index (χ0v) is 12.8. The summed E-state index contributed by atoms with van der Waals surface area (Å²) in [5.41, 5.74) is -0.317. The fourth-order valence-electron chi connectivity index (χ4n) is 3.27. The van der Waals surface area contributed by atoms with Crippen LogP contribution >= 0.6 is 0 Å². The maximum Gasteiger partial charge on any atom is 0.261 e. The number of anilines is 1. The van der Waals surface area contributed by atoms with E-state index in [1.807, 2.05) is 36.4 Å². The van der Waals surface area contributed by atoms with Gasteiger partial charge in [0.1, 0.15) is 0 Å². The summed E-state index contributed by atoms with van der Waals surface area (Å²) < 4.78 is 0. The lowest BCUT2D eigenvalue weighted by molar-refractivity contribution is -0.133. The van der Waals surface area contributed by atoms with Gasteiger partial charge >= 0.3 is 0 Å². The van der Waals surface area contributed by atoms with Gasteiger partial charge in [-0.15, -0.1) is 0 Å². The molecule has 2 N–H and O–H groups in total. The highest BCUT2D eigenvalue weighted by atomic mass is 16.3. The van der Waals surface area contributed by atoms with E-state index in [-0.39, 0.29) is 12.2 Å². The van der Waals surface area contributed by atoms with Crippen molar-refractivity contribution in [2.75, 3.05) is 5.32 Å². The number of nitrogens with one attached hydrogen (secondary N) is 1. The van der Waals surface area contributed by atoms with Crippen molar-refractivity contribution < 1.29 is 14.7 Å². The second-order valence-corrected chi connectivity index (χ2v) is 5.99. The predicted molar refractivity (Wildman–Crippen MR) is 91.9 cm³/mol. The molecular weight excluding hydrogens is 302 g/mol. The summed E-state index contributed by atoms with van der Waals surface area (Å²) in [5.74, 6) is -0.821. The first-order valence-electron chi connectivity index (χ1n) is 7.74. The van der Waals surface area contributed by atoms with Crippen molar-refractivity contribution >= 4 is 28.2 Å². The molecule has 1 amide bonds. The van der Waals surface area contributed by atoms with Crippen LogP contribution in [0.5, 0.6) is 0 Å². The van der Waals surface area contributed by atoms with Crippen molar-refractivity contribution in [3.8, 4) is 0 Å². The highest BCUT2D eigenvalue weighted by Crippen LogP contribution is 2.39. The summed E-state index contributed by atoms with van der Waals surface area (Å²) in [6.07, 6.45) is -0.288. The lowest BCUT2D eigenvalue weighted by Crippen LogP contribution is -2.36. The molecule has 0 saturated carbocycles. The van der Waals surface area contributed by atoms with Crippen molar-refractivity contribution in [2.45, 2.75) is 12.0 Å². The summed E-state index contributed by atoms with van der Waals surface area (Å²) in [7, 11) is 0. The Morgan fingerprint density at radius 3 is 2.54 bits per heavy atom. The number of para-hydroxylation sites is 1. The Morgan fingerprint density at radius 2 is 1.67 bits per heavy atom. The van der Waals surface area contributed by atoms with Crippen LogP contribution in [-0.2, 0) is 10.4 Å². The van der Waals surface area contributed by atoms with Gasteiger partial charge in [0, 0.05) is 16.8 Å². The van der Waals surface area contributed by atoms with Crippen LogP contribution in [0.3, 0.4) is 0 Å². The Kier molecular flexibility index (Phi) is 3.22. The zero-order chi connectivity index (χ0) is 16.7. The summed E-state index contributed by atoms with van der Waals surface area (Å²) in [6.45, 7) is 0. The van der Waals surface area contributed by atoms with Crippen LogP contribution in [0.1, 0.15) is 22.3 Å². The Hall–Kier alpha value is -2.98. The van der Waals surface area contributed by atoms with E-state index in [2.05, 4.69) is 5.32 Å². The van der Waals surface area contributed by atoms with Crippen LogP contribution in [0.25, 0.3) is 10.8 Å². The van der Waals surface area contributed by atoms with Crippen molar-refractivity contribution in [3.63, 3.8) is 0 Å². The van der Waals surface area contributed by atoms with Gasteiger partial charge in [-0.1, -0.05) is 60.7 Å². The first-order valence-corrected chi connectivity index (χ1v) is 7.74. The van der Waals surface area contributed by atoms with Crippen molar-refractivity contribution in [1.29, 1.82) is 0 Å². The number of amides is 1. The number of benzene rings is 3. The Labute approximate surface area is 138 Å². The molecule has 0 spiro atoms. The molecule has 118 valence electrons. The minimum absolute atomic E-state index is 0.263. The normalized spacial score (nSPS) is 19.1. The fraction of sp³-hybridized carbons (Fsp3) is 0.100. The second kappa shape index (κ2) is 5.28. The van der Waals surface area contributed by atoms with Crippen molar-refractivity contribution in [3.05, 3.63) is 77.9 Å². The topological polar surface area (TPSA) is 66.4 Å². The van der Waals surface area contributed by atoms with E-state index in [4.69, 9.17) is 0 Å². The van der Waals surface area contributed by atoms with E-state index in [1.54, 1.807) is 30.3 Å². The number of Topliss-reactive ketones (excluding diaryl/α,β-unsaturated/α-hetero) is 1. The highest BCUT2D eigenvalue weighted by Gasteiger charge is 2.46. The van der Waals surface area contributed by atoms with Crippen LogP contribution in [-0.4, -0.2) is 16.8 Å². The van der Waals surface area contributed by atoms with Crippen LogP contribution in [0.2, 0.25) is 0 Å². The van der Waals surface area contributed by atoms with E-state index in [0.717, 1.165) is 10.8 Å². The van der Waals surface area contributed by atoms with E-state index >= 15 is 0 Å². The summed E-state index contributed by atoms with van der Waals surface area (Å²) in [4.78, 5) is 25.1. The number of rotatable bonds is 3. The first-order chi connectivity index (χ1) is 11.6. The quantitative estimate of drug-likeness (QED) is 0.729. The lowest BCUT2D eigenvalue weighted by Gasteiger charge is -2.20. The third-order valence-electron chi connectivity index (χ3n) is 4.50. The van der Waals surface area contributed by atoms with Crippen LogP contribution < -0.4 is 5.32 Å². The number of aliphatic hydroxyl groups is 1. The second-order valence-electron chi connectivity index (χ2n) is 5.99. The molecule has 0 fully saturated rings. The molecule has 0 saturated heterocycles. The zero-order valence-electron chi connectivity index (χ0n) is 12.8. The molecule has 1 aliphatic heterocycles. The van der Waals surface area contributed by atoms with E-state index < -0.39 is 11.5 Å². The Balaban J connectivity index is 1.75. The van der Waals surface area contributed by atoms with Crippen LogP contribution in [0, 0.1) is 0 Å². The highest BCUT2D eigenvalue weighted by molar-refractivity contribution is 6.13. The number of hydrogen-bond donors (Lipinski definition) is 2. The van der Waals surface area contributed by atoms with E-state index in [9.17, 15) is 14.7 Å². The molecule has 0 aliphatic carbocycles. The Bertz CT molecular complexity index is 974. The average molecular weight is 317 g/mol. The molecule has 4 nitrogen and oxygen atoms in total. The molecule has 1 aliphatic rings. The smallest absolute Gasteiger partial charge is 0.261 e. The number of fused-ring (bicyclic) bond motifs is 2. The standard InChI is InChI=1S/C20H15NO3/c22-18(15-9-5-7-13-6-1-2-8-14(13)15)12-20(24)16-10-3-4-11-17(16)21-19(20)23/h1-11,24H,12H2,(H,21,23)/t20-/m0/s1. The lowest BCUT2D eigenvalue weighted by atomic mass is 9.87. The molecule has 3 aromatic carbocycles. The SMILES string of the molecule is O=C(C[C@@]1(O)C(=O)Nc2ccccc21)c1cccc2ccccc12. The number of hydrogen-bond acceptors (Lipinski definition) is 3. The molecule has 0 aromatic heterocycles. The van der Waals surface area contributed by atoms with Gasteiger partial charge in [0.15, 0.2) is 11.4 Å². The van der Waals surface area contributed by atoms with Crippen molar-refractivity contribution in [2.24, 2.45) is 0 Å². The minimum Gasteiger partial charge on any atom is -0.375 e. The summed E-state index contributed by atoms with van der Waals surface area (Å²) in [6, 6.07) is 19.9. The fourth-order valence-corrected chi connectivity index (χ4v) is 3.27.